The zero-order chi connectivity index (χ0) is 10.7. The fourth-order valence-electron chi connectivity index (χ4n) is 1.91. The number of hydrogen-bond acceptors (Lipinski definition) is 4. The molecule has 4 heteroatoms. The third-order valence-corrected chi connectivity index (χ3v) is 2.60. The standard InChI is InChI=1S/C11H15N3O/c1-9-12-10(4-7-15)8-11(13-9)14-5-2-3-6-14/h7-8H,2-6H2,1H3. The van der Waals surface area contributed by atoms with E-state index in [1.54, 1.807) is 0 Å². The molecular weight excluding hydrogens is 190 g/mol. The minimum Gasteiger partial charge on any atom is -0.357 e. The van der Waals surface area contributed by atoms with Crippen LogP contribution in [0.3, 0.4) is 0 Å². The molecule has 1 aliphatic heterocycles. The van der Waals surface area contributed by atoms with Crippen molar-refractivity contribution < 1.29 is 4.79 Å². The second-order valence-corrected chi connectivity index (χ2v) is 3.83. The molecule has 80 valence electrons. The molecule has 0 aliphatic carbocycles. The molecule has 0 radical (unpaired) electrons. The maximum atomic E-state index is 10.4. The van der Waals surface area contributed by atoms with Gasteiger partial charge >= 0.3 is 0 Å². The summed E-state index contributed by atoms with van der Waals surface area (Å²) >= 11 is 0. The van der Waals surface area contributed by atoms with Crippen LogP contribution in [0.25, 0.3) is 0 Å². The first-order valence-corrected chi connectivity index (χ1v) is 5.33. The summed E-state index contributed by atoms with van der Waals surface area (Å²) < 4.78 is 0. The van der Waals surface area contributed by atoms with Gasteiger partial charge in [-0.3, -0.25) is 0 Å². The van der Waals surface area contributed by atoms with E-state index in [9.17, 15) is 4.79 Å². The van der Waals surface area contributed by atoms with Crippen LogP contribution < -0.4 is 4.90 Å². The van der Waals surface area contributed by atoms with E-state index in [4.69, 9.17) is 0 Å². The smallest absolute Gasteiger partial charge is 0.132 e. The van der Waals surface area contributed by atoms with Gasteiger partial charge in [0.2, 0.25) is 0 Å². The van der Waals surface area contributed by atoms with Gasteiger partial charge in [0.15, 0.2) is 0 Å². The Labute approximate surface area is 89.3 Å². The summed E-state index contributed by atoms with van der Waals surface area (Å²) in [5.74, 6) is 1.72. The first-order valence-electron chi connectivity index (χ1n) is 5.33. The lowest BCUT2D eigenvalue weighted by Gasteiger charge is -2.16. The molecule has 0 bridgehead atoms. The zero-order valence-electron chi connectivity index (χ0n) is 8.94. The summed E-state index contributed by atoms with van der Waals surface area (Å²) in [7, 11) is 0. The average Bonchev–Trinajstić information content (AvgIpc) is 2.70. The van der Waals surface area contributed by atoms with Crippen LogP contribution in [-0.2, 0) is 11.2 Å². The van der Waals surface area contributed by atoms with Gasteiger partial charge in [-0.2, -0.15) is 0 Å². The molecule has 4 nitrogen and oxygen atoms in total. The lowest BCUT2D eigenvalue weighted by atomic mass is 10.3. The van der Waals surface area contributed by atoms with Crippen LogP contribution in [0.4, 0.5) is 5.82 Å². The van der Waals surface area contributed by atoms with E-state index in [0.717, 1.165) is 36.7 Å². The number of aryl methyl sites for hydroxylation is 1. The maximum Gasteiger partial charge on any atom is 0.132 e. The van der Waals surface area contributed by atoms with Crippen molar-refractivity contribution in [3.63, 3.8) is 0 Å². The third kappa shape index (κ3) is 2.32. The number of rotatable bonds is 3. The minimum absolute atomic E-state index is 0.379. The summed E-state index contributed by atoms with van der Waals surface area (Å²) in [6, 6.07) is 1.92. The van der Waals surface area contributed by atoms with E-state index in [1.165, 1.54) is 12.8 Å². The van der Waals surface area contributed by atoms with Crippen LogP contribution in [-0.4, -0.2) is 29.3 Å². The Hall–Kier alpha value is -1.45. The highest BCUT2D eigenvalue weighted by Gasteiger charge is 2.14. The highest BCUT2D eigenvalue weighted by Crippen LogP contribution is 2.18. The van der Waals surface area contributed by atoms with E-state index in [1.807, 2.05) is 13.0 Å². The first-order chi connectivity index (χ1) is 7.29. The second kappa shape index (κ2) is 4.38. The van der Waals surface area contributed by atoms with Gasteiger partial charge < -0.3 is 9.69 Å². The Balaban J connectivity index is 2.25. The van der Waals surface area contributed by atoms with Gasteiger partial charge in [-0.05, 0) is 19.8 Å². The van der Waals surface area contributed by atoms with Crippen LogP contribution in [0.5, 0.6) is 0 Å². The fourth-order valence-corrected chi connectivity index (χ4v) is 1.91. The summed E-state index contributed by atoms with van der Waals surface area (Å²) in [5, 5.41) is 0. The third-order valence-electron chi connectivity index (χ3n) is 2.60. The van der Waals surface area contributed by atoms with Crippen molar-refractivity contribution >= 4 is 12.1 Å². The summed E-state index contributed by atoms with van der Waals surface area (Å²) in [6.45, 7) is 4.00. The van der Waals surface area contributed by atoms with Gasteiger partial charge in [-0.25, -0.2) is 9.97 Å². The summed E-state index contributed by atoms with van der Waals surface area (Å²) in [6.07, 6.45) is 3.72. The van der Waals surface area contributed by atoms with Gasteiger partial charge in [-0.1, -0.05) is 0 Å². The van der Waals surface area contributed by atoms with E-state index >= 15 is 0 Å². The van der Waals surface area contributed by atoms with E-state index in [0.29, 0.717) is 6.42 Å². The molecule has 0 unspecified atom stereocenters. The van der Waals surface area contributed by atoms with E-state index < -0.39 is 0 Å². The Morgan fingerprint density at radius 2 is 2.13 bits per heavy atom. The monoisotopic (exact) mass is 205 g/mol. The molecule has 0 atom stereocenters. The molecular formula is C11H15N3O. The number of carbonyl (C=O) groups excluding carboxylic acids is 1. The van der Waals surface area contributed by atoms with Crippen molar-refractivity contribution in [2.75, 3.05) is 18.0 Å². The molecule has 15 heavy (non-hydrogen) atoms. The normalized spacial score (nSPS) is 15.7. The highest BCUT2D eigenvalue weighted by atomic mass is 16.1. The largest absolute Gasteiger partial charge is 0.357 e. The van der Waals surface area contributed by atoms with Crippen LogP contribution in [0.1, 0.15) is 24.4 Å². The molecule has 1 aromatic rings. The summed E-state index contributed by atoms with van der Waals surface area (Å²) in [5.41, 5.74) is 0.819. The number of anilines is 1. The molecule has 2 rings (SSSR count). The van der Waals surface area contributed by atoms with Gasteiger partial charge in [-0.15, -0.1) is 0 Å². The lowest BCUT2D eigenvalue weighted by molar-refractivity contribution is -0.107. The van der Waals surface area contributed by atoms with Crippen molar-refractivity contribution in [1.29, 1.82) is 0 Å². The number of carbonyl (C=O) groups is 1. The number of aldehydes is 1. The van der Waals surface area contributed by atoms with E-state index in [-0.39, 0.29) is 0 Å². The first kappa shape index (κ1) is 10.1. The minimum atomic E-state index is 0.379. The molecule has 0 N–H and O–H groups in total. The SMILES string of the molecule is Cc1nc(CC=O)cc(N2CCCC2)n1. The van der Waals surface area contributed by atoms with Crippen molar-refractivity contribution in [3.8, 4) is 0 Å². The molecule has 2 heterocycles. The van der Waals surface area contributed by atoms with Crippen molar-refractivity contribution in [1.82, 2.24) is 9.97 Å². The van der Waals surface area contributed by atoms with Gasteiger partial charge in [0.25, 0.3) is 0 Å². The number of hydrogen-bond donors (Lipinski definition) is 0. The predicted molar refractivity (Wildman–Crippen MR) is 58.0 cm³/mol. The van der Waals surface area contributed by atoms with Crippen LogP contribution in [0, 0.1) is 6.92 Å². The maximum absolute atomic E-state index is 10.4. The van der Waals surface area contributed by atoms with Gasteiger partial charge in [0, 0.05) is 25.6 Å². The van der Waals surface area contributed by atoms with Crippen LogP contribution in [0.2, 0.25) is 0 Å². The molecule has 0 saturated carbocycles. The number of aromatic nitrogens is 2. The lowest BCUT2D eigenvalue weighted by Crippen LogP contribution is -2.20. The Bertz CT molecular complexity index is 359. The molecule has 0 aromatic carbocycles. The molecule has 0 spiro atoms. The van der Waals surface area contributed by atoms with Crippen LogP contribution in [0.15, 0.2) is 6.07 Å². The fraction of sp³-hybridized carbons (Fsp3) is 0.545. The highest BCUT2D eigenvalue weighted by molar-refractivity contribution is 5.55. The topological polar surface area (TPSA) is 46.1 Å². The molecule has 1 aliphatic rings. The Morgan fingerprint density at radius 3 is 2.80 bits per heavy atom. The molecule has 1 saturated heterocycles. The van der Waals surface area contributed by atoms with Crippen molar-refractivity contribution in [3.05, 3.63) is 17.6 Å². The van der Waals surface area contributed by atoms with Crippen LogP contribution >= 0.6 is 0 Å². The average molecular weight is 205 g/mol. The molecule has 1 aromatic heterocycles. The Kier molecular flexibility index (Phi) is 2.94. The second-order valence-electron chi connectivity index (χ2n) is 3.83. The summed E-state index contributed by atoms with van der Waals surface area (Å²) in [4.78, 5) is 21.3. The van der Waals surface area contributed by atoms with Gasteiger partial charge in [0.1, 0.15) is 17.9 Å². The van der Waals surface area contributed by atoms with E-state index in [2.05, 4.69) is 14.9 Å². The quantitative estimate of drug-likeness (QED) is 0.694. The molecule has 1 fully saturated rings. The molecule has 0 amide bonds. The van der Waals surface area contributed by atoms with Crippen molar-refractivity contribution in [2.24, 2.45) is 0 Å². The van der Waals surface area contributed by atoms with Gasteiger partial charge in [0.05, 0.1) is 5.69 Å². The zero-order valence-corrected chi connectivity index (χ0v) is 8.94. The number of nitrogens with zero attached hydrogens (tertiary/aromatic N) is 3. The predicted octanol–water partition coefficient (Wildman–Crippen LogP) is 1.13. The van der Waals surface area contributed by atoms with Crippen molar-refractivity contribution in [2.45, 2.75) is 26.2 Å². The Morgan fingerprint density at radius 1 is 1.40 bits per heavy atom.